The van der Waals surface area contributed by atoms with Gasteiger partial charge in [0.25, 0.3) is 5.91 Å². The number of nitrogens with zero attached hydrogens (tertiary/aromatic N) is 2. The van der Waals surface area contributed by atoms with Crippen molar-refractivity contribution in [1.29, 1.82) is 0 Å². The summed E-state index contributed by atoms with van der Waals surface area (Å²) in [5.41, 5.74) is 1.70. The maximum atomic E-state index is 12.1. The van der Waals surface area contributed by atoms with Crippen LogP contribution in [0.1, 0.15) is 10.5 Å². The van der Waals surface area contributed by atoms with Crippen LogP contribution in [0.25, 0.3) is 5.65 Å². The van der Waals surface area contributed by atoms with Gasteiger partial charge >= 0.3 is 0 Å². The van der Waals surface area contributed by atoms with Crippen molar-refractivity contribution in [2.45, 2.75) is 0 Å². The zero-order chi connectivity index (χ0) is 14.1. The number of imidazole rings is 1. The van der Waals surface area contributed by atoms with Gasteiger partial charge in [0.15, 0.2) is 0 Å². The summed E-state index contributed by atoms with van der Waals surface area (Å²) < 4.78 is 2.71. The molecule has 0 atom stereocenters. The molecule has 0 saturated carbocycles. The maximum absolute atomic E-state index is 12.1. The number of benzene rings is 1. The highest BCUT2D eigenvalue weighted by atomic mass is 79.9. The van der Waals surface area contributed by atoms with Gasteiger partial charge in [-0.15, -0.1) is 0 Å². The average Bonchev–Trinajstić information content (AvgIpc) is 2.81. The van der Waals surface area contributed by atoms with Gasteiger partial charge in [-0.25, -0.2) is 4.98 Å². The Hall–Kier alpha value is -1.85. The molecule has 3 rings (SSSR count). The second-order valence-corrected chi connectivity index (χ2v) is 5.56. The highest BCUT2D eigenvalue weighted by molar-refractivity contribution is 9.10. The van der Waals surface area contributed by atoms with E-state index in [-0.39, 0.29) is 5.91 Å². The molecule has 0 aliphatic heterocycles. The topological polar surface area (TPSA) is 46.4 Å². The molecule has 0 fully saturated rings. The Morgan fingerprint density at radius 2 is 2.10 bits per heavy atom. The van der Waals surface area contributed by atoms with Gasteiger partial charge in [-0.1, -0.05) is 17.7 Å². The lowest BCUT2D eigenvalue weighted by Gasteiger charge is -2.02. The molecule has 0 bridgehead atoms. The fraction of sp³-hybridized carbons (Fsp3) is 0. The lowest BCUT2D eigenvalue weighted by atomic mass is 10.3. The molecule has 0 radical (unpaired) electrons. The second-order valence-electron chi connectivity index (χ2n) is 4.20. The van der Waals surface area contributed by atoms with Crippen LogP contribution in [-0.4, -0.2) is 15.3 Å². The van der Waals surface area contributed by atoms with Crippen molar-refractivity contribution in [2.75, 3.05) is 5.32 Å². The Balaban J connectivity index is 1.88. The minimum Gasteiger partial charge on any atom is -0.321 e. The predicted molar refractivity (Wildman–Crippen MR) is 82.3 cm³/mol. The Morgan fingerprint density at radius 1 is 1.25 bits per heavy atom. The first-order chi connectivity index (χ1) is 9.61. The molecule has 20 heavy (non-hydrogen) atoms. The lowest BCUT2D eigenvalue weighted by Crippen LogP contribution is -2.12. The molecule has 3 aromatic rings. The first-order valence-corrected chi connectivity index (χ1v) is 7.00. The van der Waals surface area contributed by atoms with E-state index < -0.39 is 0 Å². The maximum Gasteiger partial charge on any atom is 0.275 e. The van der Waals surface area contributed by atoms with Crippen LogP contribution in [0.5, 0.6) is 0 Å². The number of nitrogens with one attached hydrogen (secondary N) is 1. The van der Waals surface area contributed by atoms with Gasteiger partial charge in [0, 0.05) is 27.6 Å². The Kier molecular flexibility index (Phi) is 3.46. The SMILES string of the molecule is O=C(Nc1cccc(Cl)c1)c1cn2cc(Br)ccc2n1. The smallest absolute Gasteiger partial charge is 0.275 e. The van der Waals surface area contributed by atoms with E-state index in [1.807, 2.05) is 18.3 Å². The fourth-order valence-corrected chi connectivity index (χ4v) is 2.38. The standard InChI is InChI=1S/C14H9BrClN3O/c15-9-4-5-13-18-12(8-19(13)7-9)14(20)17-11-3-1-2-10(16)6-11/h1-8H,(H,17,20). The van der Waals surface area contributed by atoms with Crippen LogP contribution in [0.2, 0.25) is 5.02 Å². The molecule has 6 heteroatoms. The summed E-state index contributed by atoms with van der Waals surface area (Å²) in [5, 5.41) is 3.33. The largest absolute Gasteiger partial charge is 0.321 e. The molecule has 0 saturated heterocycles. The second kappa shape index (κ2) is 5.26. The van der Waals surface area contributed by atoms with Crippen LogP contribution in [-0.2, 0) is 0 Å². The normalized spacial score (nSPS) is 10.7. The number of fused-ring (bicyclic) bond motifs is 1. The van der Waals surface area contributed by atoms with Crippen molar-refractivity contribution in [2.24, 2.45) is 0 Å². The lowest BCUT2D eigenvalue weighted by molar-refractivity contribution is 0.102. The number of aromatic nitrogens is 2. The van der Waals surface area contributed by atoms with Gasteiger partial charge in [0.2, 0.25) is 0 Å². The quantitative estimate of drug-likeness (QED) is 0.759. The molecule has 2 heterocycles. The minimum atomic E-state index is -0.271. The van der Waals surface area contributed by atoms with E-state index in [9.17, 15) is 4.79 Å². The molecule has 1 aromatic carbocycles. The van der Waals surface area contributed by atoms with Crippen molar-refractivity contribution >= 4 is 44.8 Å². The number of anilines is 1. The number of halogens is 2. The third-order valence-electron chi connectivity index (χ3n) is 2.73. The van der Waals surface area contributed by atoms with Crippen LogP contribution in [0, 0.1) is 0 Å². The average molecular weight is 351 g/mol. The van der Waals surface area contributed by atoms with Crippen molar-refractivity contribution in [1.82, 2.24) is 9.38 Å². The van der Waals surface area contributed by atoms with Crippen LogP contribution in [0.4, 0.5) is 5.69 Å². The highest BCUT2D eigenvalue weighted by Crippen LogP contribution is 2.17. The molecular weight excluding hydrogens is 342 g/mol. The highest BCUT2D eigenvalue weighted by Gasteiger charge is 2.11. The molecule has 1 N–H and O–H groups in total. The molecule has 0 spiro atoms. The molecule has 1 amide bonds. The fourth-order valence-electron chi connectivity index (χ4n) is 1.84. The van der Waals surface area contributed by atoms with Crippen molar-refractivity contribution in [3.05, 3.63) is 64.0 Å². The summed E-state index contributed by atoms with van der Waals surface area (Å²) in [7, 11) is 0. The van der Waals surface area contributed by atoms with Crippen LogP contribution >= 0.6 is 27.5 Å². The Labute approximate surface area is 128 Å². The number of carbonyl (C=O) groups is 1. The molecule has 0 unspecified atom stereocenters. The first-order valence-electron chi connectivity index (χ1n) is 5.83. The number of hydrogen-bond donors (Lipinski definition) is 1. The monoisotopic (exact) mass is 349 g/mol. The number of amides is 1. The van der Waals surface area contributed by atoms with E-state index in [4.69, 9.17) is 11.6 Å². The van der Waals surface area contributed by atoms with E-state index in [2.05, 4.69) is 26.2 Å². The predicted octanol–water partition coefficient (Wildman–Crippen LogP) is 4.00. The molecule has 4 nitrogen and oxygen atoms in total. The number of hydrogen-bond acceptors (Lipinski definition) is 2. The van der Waals surface area contributed by atoms with Crippen LogP contribution in [0.15, 0.2) is 53.3 Å². The number of carbonyl (C=O) groups excluding carboxylic acids is 1. The van der Waals surface area contributed by atoms with Crippen LogP contribution < -0.4 is 5.32 Å². The Bertz CT molecular complexity index is 800. The summed E-state index contributed by atoms with van der Waals surface area (Å²) in [6, 6.07) is 10.7. The zero-order valence-corrected chi connectivity index (χ0v) is 12.5. The summed E-state index contributed by atoms with van der Waals surface area (Å²) in [5.74, 6) is -0.271. The van der Waals surface area contributed by atoms with E-state index in [0.717, 1.165) is 4.47 Å². The van der Waals surface area contributed by atoms with Gasteiger partial charge in [0.05, 0.1) is 0 Å². The summed E-state index contributed by atoms with van der Waals surface area (Å²) in [6.07, 6.45) is 3.53. The first kappa shape index (κ1) is 13.1. The molecule has 0 aliphatic rings. The third-order valence-corrected chi connectivity index (χ3v) is 3.43. The molecule has 100 valence electrons. The molecular formula is C14H9BrClN3O. The van der Waals surface area contributed by atoms with Crippen molar-refractivity contribution in [3.63, 3.8) is 0 Å². The van der Waals surface area contributed by atoms with Crippen molar-refractivity contribution in [3.8, 4) is 0 Å². The number of pyridine rings is 1. The van der Waals surface area contributed by atoms with E-state index in [0.29, 0.717) is 22.1 Å². The summed E-state index contributed by atoms with van der Waals surface area (Å²) >= 11 is 9.26. The van der Waals surface area contributed by atoms with E-state index in [1.54, 1.807) is 34.9 Å². The minimum absolute atomic E-state index is 0.271. The Morgan fingerprint density at radius 3 is 2.90 bits per heavy atom. The van der Waals surface area contributed by atoms with Gasteiger partial charge in [-0.2, -0.15) is 0 Å². The van der Waals surface area contributed by atoms with E-state index in [1.165, 1.54) is 0 Å². The van der Waals surface area contributed by atoms with Gasteiger partial charge < -0.3 is 9.72 Å². The van der Waals surface area contributed by atoms with Crippen LogP contribution in [0.3, 0.4) is 0 Å². The van der Waals surface area contributed by atoms with Gasteiger partial charge in [-0.3, -0.25) is 4.79 Å². The molecule has 0 aliphatic carbocycles. The van der Waals surface area contributed by atoms with Gasteiger partial charge in [0.1, 0.15) is 11.3 Å². The van der Waals surface area contributed by atoms with Crippen molar-refractivity contribution < 1.29 is 4.79 Å². The van der Waals surface area contributed by atoms with Gasteiger partial charge in [-0.05, 0) is 46.3 Å². The summed E-state index contributed by atoms with van der Waals surface area (Å²) in [4.78, 5) is 16.4. The zero-order valence-electron chi connectivity index (χ0n) is 10.2. The number of rotatable bonds is 2. The molecule has 2 aromatic heterocycles. The third kappa shape index (κ3) is 2.69. The van der Waals surface area contributed by atoms with E-state index >= 15 is 0 Å². The summed E-state index contributed by atoms with van der Waals surface area (Å²) in [6.45, 7) is 0.